The number of nitrogens with zero attached hydrogens (tertiary/aromatic N) is 4. The Morgan fingerprint density at radius 1 is 1.13 bits per heavy atom. The molecule has 1 aromatic carbocycles. The van der Waals surface area contributed by atoms with E-state index in [9.17, 15) is 14.7 Å². The van der Waals surface area contributed by atoms with Gasteiger partial charge in [-0.1, -0.05) is 43.2 Å². The smallest absolute Gasteiger partial charge is 0.323 e. The number of benzene rings is 1. The average molecular weight is 404 g/mol. The fourth-order valence-electron chi connectivity index (χ4n) is 3.96. The molecule has 0 atom stereocenters. The van der Waals surface area contributed by atoms with Crippen molar-refractivity contribution < 1.29 is 14.7 Å². The second-order valence-corrected chi connectivity index (χ2v) is 7.62. The monoisotopic (exact) mass is 404 g/mol. The molecule has 0 bridgehead atoms. The molecule has 2 aromatic heterocycles. The van der Waals surface area contributed by atoms with E-state index in [1.54, 1.807) is 16.9 Å². The summed E-state index contributed by atoms with van der Waals surface area (Å²) >= 11 is 0. The van der Waals surface area contributed by atoms with Gasteiger partial charge in [0.1, 0.15) is 6.54 Å². The van der Waals surface area contributed by atoms with Crippen LogP contribution in [0, 0.1) is 6.92 Å². The SMILES string of the molecule is Cc1ccc(-n2nc(C(=O)N(CC(=O)O)C3CCCC3)cc2-c2ccccc2)cn1. The number of hydrogen-bond acceptors (Lipinski definition) is 4. The van der Waals surface area contributed by atoms with E-state index in [2.05, 4.69) is 10.1 Å². The van der Waals surface area contributed by atoms with Gasteiger partial charge in [-0.2, -0.15) is 5.10 Å². The van der Waals surface area contributed by atoms with Crippen molar-refractivity contribution in [3.63, 3.8) is 0 Å². The highest BCUT2D eigenvalue weighted by atomic mass is 16.4. The minimum atomic E-state index is -1.01. The van der Waals surface area contributed by atoms with E-state index in [1.807, 2.05) is 49.4 Å². The van der Waals surface area contributed by atoms with Gasteiger partial charge in [0.2, 0.25) is 0 Å². The van der Waals surface area contributed by atoms with Crippen LogP contribution >= 0.6 is 0 Å². The van der Waals surface area contributed by atoms with E-state index in [0.29, 0.717) is 0 Å². The summed E-state index contributed by atoms with van der Waals surface area (Å²) in [7, 11) is 0. The molecular formula is C23H24N4O3. The van der Waals surface area contributed by atoms with Gasteiger partial charge in [0.25, 0.3) is 5.91 Å². The van der Waals surface area contributed by atoms with Gasteiger partial charge in [-0.3, -0.25) is 14.6 Å². The molecular weight excluding hydrogens is 380 g/mol. The van der Waals surface area contributed by atoms with Crippen LogP contribution in [0.25, 0.3) is 16.9 Å². The standard InChI is InChI=1S/C23H24N4O3/c1-16-11-12-19(14-24-16)27-21(17-7-3-2-4-8-17)13-20(25-27)23(30)26(15-22(28)29)18-9-5-6-10-18/h2-4,7-8,11-14,18H,5-6,9-10,15H2,1H3,(H,28,29). The van der Waals surface area contributed by atoms with Crippen molar-refractivity contribution in [2.24, 2.45) is 0 Å². The molecule has 1 N–H and O–H groups in total. The van der Waals surface area contributed by atoms with Crippen LogP contribution in [0.15, 0.2) is 54.7 Å². The van der Waals surface area contributed by atoms with Crippen LogP contribution in [0.3, 0.4) is 0 Å². The third-order valence-electron chi connectivity index (χ3n) is 5.47. The molecule has 0 unspecified atom stereocenters. The van der Waals surface area contributed by atoms with E-state index < -0.39 is 5.97 Å². The Labute approximate surface area is 175 Å². The lowest BCUT2D eigenvalue weighted by molar-refractivity contribution is -0.138. The molecule has 2 heterocycles. The first-order valence-corrected chi connectivity index (χ1v) is 10.1. The molecule has 0 radical (unpaired) electrons. The van der Waals surface area contributed by atoms with Crippen LogP contribution in [0.4, 0.5) is 0 Å². The van der Waals surface area contributed by atoms with Gasteiger partial charge in [-0.05, 0) is 38.0 Å². The highest BCUT2D eigenvalue weighted by Gasteiger charge is 2.31. The van der Waals surface area contributed by atoms with E-state index in [4.69, 9.17) is 0 Å². The predicted octanol–water partition coefficient (Wildman–Crippen LogP) is 3.71. The molecule has 1 aliphatic carbocycles. The summed E-state index contributed by atoms with van der Waals surface area (Å²) in [5.74, 6) is -1.36. The van der Waals surface area contributed by atoms with Crippen molar-refractivity contribution in [2.75, 3.05) is 6.54 Å². The zero-order chi connectivity index (χ0) is 21.1. The molecule has 0 spiro atoms. The molecule has 4 rings (SSSR count). The third kappa shape index (κ3) is 4.10. The Balaban J connectivity index is 1.77. The van der Waals surface area contributed by atoms with E-state index >= 15 is 0 Å². The lowest BCUT2D eigenvalue weighted by Gasteiger charge is -2.26. The second kappa shape index (κ2) is 8.49. The summed E-state index contributed by atoms with van der Waals surface area (Å²) in [6, 6.07) is 15.2. The number of carboxylic acids is 1. The quantitative estimate of drug-likeness (QED) is 0.677. The predicted molar refractivity (Wildman–Crippen MR) is 112 cm³/mol. The first kappa shape index (κ1) is 19.8. The van der Waals surface area contributed by atoms with Crippen LogP contribution in [0.5, 0.6) is 0 Å². The van der Waals surface area contributed by atoms with Crippen LogP contribution in [-0.2, 0) is 4.79 Å². The highest BCUT2D eigenvalue weighted by Crippen LogP contribution is 2.27. The number of rotatable bonds is 6. The molecule has 0 saturated heterocycles. The molecule has 30 heavy (non-hydrogen) atoms. The summed E-state index contributed by atoms with van der Waals surface area (Å²) in [4.78, 5) is 30.6. The molecule has 1 saturated carbocycles. The number of aryl methyl sites for hydroxylation is 1. The van der Waals surface area contributed by atoms with Crippen LogP contribution < -0.4 is 0 Å². The summed E-state index contributed by atoms with van der Waals surface area (Å²) < 4.78 is 1.70. The van der Waals surface area contributed by atoms with Crippen molar-refractivity contribution >= 4 is 11.9 Å². The third-order valence-corrected chi connectivity index (χ3v) is 5.47. The maximum Gasteiger partial charge on any atom is 0.323 e. The van der Waals surface area contributed by atoms with Crippen molar-refractivity contribution in [1.29, 1.82) is 0 Å². The number of hydrogen-bond donors (Lipinski definition) is 1. The fourth-order valence-corrected chi connectivity index (χ4v) is 3.96. The Kier molecular flexibility index (Phi) is 5.61. The number of carbonyl (C=O) groups excluding carboxylic acids is 1. The van der Waals surface area contributed by atoms with Crippen molar-refractivity contribution in [3.05, 3.63) is 66.1 Å². The number of pyridine rings is 1. The Hall–Kier alpha value is -3.48. The second-order valence-electron chi connectivity index (χ2n) is 7.62. The van der Waals surface area contributed by atoms with Gasteiger partial charge < -0.3 is 10.0 Å². The first-order chi connectivity index (χ1) is 14.5. The van der Waals surface area contributed by atoms with E-state index in [1.165, 1.54) is 4.90 Å². The van der Waals surface area contributed by atoms with Gasteiger partial charge in [-0.15, -0.1) is 0 Å². The number of aliphatic carboxylic acids is 1. The molecule has 1 aliphatic rings. The summed E-state index contributed by atoms with van der Waals surface area (Å²) in [6.45, 7) is 1.59. The van der Waals surface area contributed by atoms with Gasteiger partial charge >= 0.3 is 5.97 Å². The van der Waals surface area contributed by atoms with E-state index in [0.717, 1.165) is 48.3 Å². The number of aromatic nitrogens is 3. The normalized spacial score (nSPS) is 14.0. The lowest BCUT2D eigenvalue weighted by Crippen LogP contribution is -2.42. The first-order valence-electron chi connectivity index (χ1n) is 10.1. The zero-order valence-corrected chi connectivity index (χ0v) is 16.9. The maximum atomic E-state index is 13.3. The topological polar surface area (TPSA) is 88.3 Å². The molecule has 1 fully saturated rings. The molecule has 0 aliphatic heterocycles. The summed E-state index contributed by atoms with van der Waals surface area (Å²) in [6.07, 6.45) is 5.38. The van der Waals surface area contributed by atoms with Gasteiger partial charge in [0.15, 0.2) is 5.69 Å². The van der Waals surface area contributed by atoms with Gasteiger partial charge in [0, 0.05) is 17.3 Å². The van der Waals surface area contributed by atoms with Crippen molar-refractivity contribution in [3.8, 4) is 16.9 Å². The Bertz CT molecular complexity index is 1040. The van der Waals surface area contributed by atoms with Crippen LogP contribution in [-0.4, -0.2) is 49.2 Å². The molecule has 7 heteroatoms. The molecule has 154 valence electrons. The molecule has 3 aromatic rings. The Morgan fingerprint density at radius 3 is 2.50 bits per heavy atom. The Morgan fingerprint density at radius 2 is 1.87 bits per heavy atom. The summed E-state index contributed by atoms with van der Waals surface area (Å²) in [5.41, 5.74) is 3.53. The number of amides is 1. The average Bonchev–Trinajstić information content (AvgIpc) is 3.43. The largest absolute Gasteiger partial charge is 0.480 e. The van der Waals surface area contributed by atoms with E-state index in [-0.39, 0.29) is 24.2 Å². The molecule has 7 nitrogen and oxygen atoms in total. The number of carbonyl (C=O) groups is 2. The minimum Gasteiger partial charge on any atom is -0.480 e. The summed E-state index contributed by atoms with van der Waals surface area (Å²) in [5, 5.41) is 13.9. The lowest BCUT2D eigenvalue weighted by atomic mass is 10.1. The minimum absolute atomic E-state index is 0.0556. The van der Waals surface area contributed by atoms with Crippen molar-refractivity contribution in [1.82, 2.24) is 19.7 Å². The fraction of sp³-hybridized carbons (Fsp3) is 0.304. The maximum absolute atomic E-state index is 13.3. The number of carboxylic acid groups (broad SMARTS) is 1. The van der Waals surface area contributed by atoms with Gasteiger partial charge in [-0.25, -0.2) is 4.68 Å². The highest BCUT2D eigenvalue weighted by molar-refractivity contribution is 5.95. The van der Waals surface area contributed by atoms with Crippen LogP contribution in [0.2, 0.25) is 0 Å². The molecule has 1 amide bonds. The zero-order valence-electron chi connectivity index (χ0n) is 16.9. The van der Waals surface area contributed by atoms with Crippen molar-refractivity contribution in [2.45, 2.75) is 38.6 Å². The van der Waals surface area contributed by atoms with Gasteiger partial charge in [0.05, 0.1) is 17.6 Å². The van der Waals surface area contributed by atoms with Crippen LogP contribution in [0.1, 0.15) is 41.9 Å².